The lowest BCUT2D eigenvalue weighted by Gasteiger charge is -2.57. The quantitative estimate of drug-likeness (QED) is 0.812. The average Bonchev–Trinajstić information content (AvgIpc) is 2.95. The molecular formula is C20H25N3O4S. The van der Waals surface area contributed by atoms with E-state index in [0.717, 1.165) is 35.9 Å². The summed E-state index contributed by atoms with van der Waals surface area (Å²) in [6, 6.07) is 3.81. The first kappa shape index (κ1) is 19.0. The Morgan fingerprint density at radius 1 is 1.29 bits per heavy atom. The van der Waals surface area contributed by atoms with E-state index in [0.29, 0.717) is 11.4 Å². The minimum atomic E-state index is -0.530. The number of nitrogens with one attached hydrogen (secondary N) is 1. The lowest BCUT2D eigenvalue weighted by atomic mass is 9.53. The highest BCUT2D eigenvalue weighted by molar-refractivity contribution is 7.17. The summed E-state index contributed by atoms with van der Waals surface area (Å²) in [4.78, 5) is 28.1. The van der Waals surface area contributed by atoms with Gasteiger partial charge in [-0.15, -0.1) is 11.3 Å². The van der Waals surface area contributed by atoms with Gasteiger partial charge < -0.3 is 20.5 Å². The van der Waals surface area contributed by atoms with Crippen molar-refractivity contribution in [2.24, 2.45) is 11.1 Å². The zero-order chi connectivity index (χ0) is 20.1. The number of carbonyl (C=O) groups is 2. The zero-order valence-electron chi connectivity index (χ0n) is 16.3. The molecule has 3 N–H and O–H groups in total. The van der Waals surface area contributed by atoms with E-state index in [4.69, 9.17) is 15.2 Å². The minimum absolute atomic E-state index is 0.0177. The highest BCUT2D eigenvalue weighted by Crippen LogP contribution is 2.56. The van der Waals surface area contributed by atoms with Crippen molar-refractivity contribution < 1.29 is 19.1 Å². The Bertz CT molecular complexity index is 919. The van der Waals surface area contributed by atoms with Gasteiger partial charge in [0.25, 0.3) is 5.91 Å². The van der Waals surface area contributed by atoms with Gasteiger partial charge in [0.1, 0.15) is 17.3 Å². The fraction of sp³-hybridized carbons (Fsp3) is 0.550. The van der Waals surface area contributed by atoms with E-state index in [9.17, 15) is 9.59 Å². The van der Waals surface area contributed by atoms with Gasteiger partial charge in [0.2, 0.25) is 5.88 Å². The van der Waals surface area contributed by atoms with Crippen LogP contribution >= 0.6 is 11.3 Å². The molecule has 0 unspecified atom stereocenters. The molecule has 1 spiro atoms. The summed E-state index contributed by atoms with van der Waals surface area (Å²) in [6.45, 7) is 5.56. The number of aromatic nitrogens is 1. The molecule has 0 saturated heterocycles. The number of rotatable bonds is 4. The van der Waals surface area contributed by atoms with Gasteiger partial charge in [-0.25, -0.2) is 9.78 Å². The predicted molar refractivity (Wildman–Crippen MR) is 107 cm³/mol. The van der Waals surface area contributed by atoms with Crippen LogP contribution < -0.4 is 15.8 Å². The molecular weight excluding hydrogens is 378 g/mol. The third kappa shape index (κ3) is 3.78. The standard InChI is InChI=1S/C20H25N3O4S/c1-19(2,3)27-18(25)22-11-7-20(8-11)9-12(10-20)26-17-13(16(21)24)6-15-14(23-17)4-5-28-15/h4-6,11-12H,7-10H2,1-3H3,(H2,21,24)(H,22,25). The molecule has 0 bridgehead atoms. The van der Waals surface area contributed by atoms with E-state index in [2.05, 4.69) is 10.3 Å². The third-order valence-corrected chi connectivity index (χ3v) is 6.20. The molecule has 2 aromatic rings. The number of nitrogens with two attached hydrogens (primary N) is 1. The van der Waals surface area contributed by atoms with Crippen LogP contribution in [0.3, 0.4) is 0 Å². The van der Waals surface area contributed by atoms with Crippen molar-refractivity contribution in [3.05, 3.63) is 23.1 Å². The van der Waals surface area contributed by atoms with Crippen molar-refractivity contribution in [2.45, 2.75) is 64.2 Å². The van der Waals surface area contributed by atoms with E-state index in [1.165, 1.54) is 11.3 Å². The van der Waals surface area contributed by atoms with Crippen LogP contribution in [-0.4, -0.2) is 34.7 Å². The number of carbonyl (C=O) groups excluding carboxylic acids is 2. The van der Waals surface area contributed by atoms with Gasteiger partial charge in [0.15, 0.2) is 0 Å². The number of primary amides is 1. The monoisotopic (exact) mass is 403 g/mol. The lowest BCUT2D eigenvalue weighted by molar-refractivity contribution is -0.0866. The van der Waals surface area contributed by atoms with Gasteiger partial charge in [-0.3, -0.25) is 4.79 Å². The van der Waals surface area contributed by atoms with Crippen LogP contribution in [-0.2, 0) is 4.74 Å². The first-order valence-corrected chi connectivity index (χ1v) is 10.3. The molecule has 150 valence electrons. The molecule has 0 aliphatic heterocycles. The van der Waals surface area contributed by atoms with Crippen LogP contribution in [0.25, 0.3) is 10.2 Å². The number of alkyl carbamates (subject to hydrolysis) is 1. The number of fused-ring (bicyclic) bond motifs is 1. The summed E-state index contributed by atoms with van der Waals surface area (Å²) in [5.41, 5.74) is 6.36. The summed E-state index contributed by atoms with van der Waals surface area (Å²) in [6.07, 6.45) is 3.28. The van der Waals surface area contributed by atoms with Gasteiger partial charge in [-0.2, -0.15) is 0 Å². The van der Waals surface area contributed by atoms with Crippen molar-refractivity contribution in [2.75, 3.05) is 0 Å². The first-order valence-electron chi connectivity index (χ1n) is 9.47. The molecule has 4 rings (SSSR count). The Hall–Kier alpha value is -2.35. The fourth-order valence-corrected chi connectivity index (χ4v) is 4.95. The SMILES string of the molecule is CC(C)(C)OC(=O)NC1CC2(C1)CC(Oc1nc3ccsc3cc1C(N)=O)C2. The molecule has 7 nitrogen and oxygen atoms in total. The summed E-state index contributed by atoms with van der Waals surface area (Å²) in [7, 11) is 0. The van der Waals surface area contributed by atoms with E-state index in [1.54, 1.807) is 6.07 Å². The van der Waals surface area contributed by atoms with Crippen molar-refractivity contribution in [1.82, 2.24) is 10.3 Å². The molecule has 8 heteroatoms. The second-order valence-electron chi connectivity index (χ2n) is 8.91. The molecule has 2 saturated carbocycles. The maximum absolute atomic E-state index is 11.9. The maximum Gasteiger partial charge on any atom is 0.407 e. The Balaban J connectivity index is 1.31. The predicted octanol–water partition coefficient (Wildman–Crippen LogP) is 3.61. The number of amides is 2. The maximum atomic E-state index is 11.9. The van der Waals surface area contributed by atoms with Gasteiger partial charge >= 0.3 is 6.09 Å². The van der Waals surface area contributed by atoms with Crippen LogP contribution in [0, 0.1) is 5.41 Å². The summed E-state index contributed by atoms with van der Waals surface area (Å²) >= 11 is 1.52. The van der Waals surface area contributed by atoms with E-state index in [-0.39, 0.29) is 23.7 Å². The molecule has 0 atom stereocenters. The Labute approximate surface area is 167 Å². The topological polar surface area (TPSA) is 104 Å². The van der Waals surface area contributed by atoms with E-state index in [1.807, 2.05) is 32.2 Å². The number of hydrogen-bond donors (Lipinski definition) is 2. The normalized spacial score (nSPS) is 26.4. The number of pyridine rings is 1. The number of ether oxygens (including phenoxy) is 2. The minimum Gasteiger partial charge on any atom is -0.474 e. The largest absolute Gasteiger partial charge is 0.474 e. The smallest absolute Gasteiger partial charge is 0.407 e. The number of nitrogens with zero attached hydrogens (tertiary/aromatic N) is 1. The van der Waals surface area contributed by atoms with Crippen LogP contribution in [0.2, 0.25) is 0 Å². The molecule has 0 aromatic carbocycles. The van der Waals surface area contributed by atoms with E-state index < -0.39 is 11.5 Å². The van der Waals surface area contributed by atoms with Crippen LogP contribution in [0.15, 0.2) is 17.5 Å². The average molecular weight is 404 g/mol. The fourth-order valence-electron chi connectivity index (χ4n) is 4.19. The molecule has 2 heterocycles. The second-order valence-corrected chi connectivity index (χ2v) is 9.86. The van der Waals surface area contributed by atoms with Crippen LogP contribution in [0.1, 0.15) is 56.8 Å². The van der Waals surface area contributed by atoms with E-state index >= 15 is 0 Å². The molecule has 2 aliphatic carbocycles. The Morgan fingerprint density at radius 2 is 2.00 bits per heavy atom. The molecule has 0 radical (unpaired) electrons. The van der Waals surface area contributed by atoms with Crippen molar-refractivity contribution >= 4 is 33.6 Å². The summed E-state index contributed by atoms with van der Waals surface area (Å²) in [5, 5.41) is 4.86. The molecule has 28 heavy (non-hydrogen) atoms. The second kappa shape index (κ2) is 6.62. The summed E-state index contributed by atoms with van der Waals surface area (Å²) in [5.74, 6) is -0.210. The van der Waals surface area contributed by atoms with Crippen LogP contribution in [0.5, 0.6) is 5.88 Å². The zero-order valence-corrected chi connectivity index (χ0v) is 17.1. The molecule has 2 aliphatic rings. The van der Waals surface area contributed by atoms with Gasteiger partial charge in [0, 0.05) is 6.04 Å². The molecule has 2 amide bonds. The highest BCUT2D eigenvalue weighted by Gasteiger charge is 2.54. The number of thiophene rings is 1. The Kier molecular flexibility index (Phi) is 4.49. The highest BCUT2D eigenvalue weighted by atomic mass is 32.1. The van der Waals surface area contributed by atoms with Gasteiger partial charge in [-0.05, 0) is 69.4 Å². The van der Waals surface area contributed by atoms with Crippen LogP contribution in [0.4, 0.5) is 4.79 Å². The van der Waals surface area contributed by atoms with Gasteiger partial charge in [-0.1, -0.05) is 0 Å². The van der Waals surface area contributed by atoms with Crippen molar-refractivity contribution in [3.63, 3.8) is 0 Å². The third-order valence-electron chi connectivity index (χ3n) is 5.35. The van der Waals surface area contributed by atoms with Crippen molar-refractivity contribution in [1.29, 1.82) is 0 Å². The molecule has 2 aromatic heterocycles. The number of hydrogen-bond acceptors (Lipinski definition) is 6. The Morgan fingerprint density at radius 3 is 2.64 bits per heavy atom. The molecule has 2 fully saturated rings. The lowest BCUT2D eigenvalue weighted by Crippen LogP contribution is -2.59. The summed E-state index contributed by atoms with van der Waals surface area (Å²) < 4.78 is 12.2. The van der Waals surface area contributed by atoms with Gasteiger partial charge in [0.05, 0.1) is 10.2 Å². The van der Waals surface area contributed by atoms with Crippen molar-refractivity contribution in [3.8, 4) is 5.88 Å². The first-order chi connectivity index (χ1) is 13.1.